The molecule has 1 N–H and O–H groups in total. The third-order valence-corrected chi connectivity index (χ3v) is 8.53. The van der Waals surface area contributed by atoms with Crippen LogP contribution in [0.4, 0.5) is 18.9 Å². The van der Waals surface area contributed by atoms with Crippen LogP contribution in [0.2, 0.25) is 10.0 Å². The summed E-state index contributed by atoms with van der Waals surface area (Å²) in [5, 5.41) is 3.18. The van der Waals surface area contributed by atoms with E-state index in [2.05, 4.69) is 5.32 Å². The Bertz CT molecular complexity index is 1500. The maximum atomic E-state index is 13.8. The third-order valence-electron chi connectivity index (χ3n) is 6.01. The van der Waals surface area contributed by atoms with Crippen molar-refractivity contribution in [2.75, 3.05) is 10.8 Å². The largest absolute Gasteiger partial charge is 0.416 e. The second-order valence-corrected chi connectivity index (χ2v) is 12.2. The fourth-order valence-corrected chi connectivity index (χ4v) is 5.66. The minimum Gasteiger partial charge on any atom is -0.352 e. The summed E-state index contributed by atoms with van der Waals surface area (Å²) in [6.07, 6.45) is -4.76. The lowest BCUT2D eigenvalue weighted by molar-refractivity contribution is -0.139. The van der Waals surface area contributed by atoms with E-state index in [0.717, 1.165) is 17.0 Å². The summed E-state index contributed by atoms with van der Waals surface area (Å²) in [4.78, 5) is 27.7. The van der Waals surface area contributed by atoms with Crippen molar-refractivity contribution in [1.29, 1.82) is 0 Å². The van der Waals surface area contributed by atoms with Gasteiger partial charge < -0.3 is 10.2 Å². The van der Waals surface area contributed by atoms with Crippen molar-refractivity contribution in [3.8, 4) is 0 Å². The number of carbonyl (C=O) groups excluding carboxylic acids is 2. The van der Waals surface area contributed by atoms with Crippen LogP contribution in [0.25, 0.3) is 0 Å². The van der Waals surface area contributed by atoms with Gasteiger partial charge in [-0.25, -0.2) is 8.42 Å². The lowest BCUT2D eigenvalue weighted by Crippen LogP contribution is -2.52. The smallest absolute Gasteiger partial charge is 0.352 e. The molecule has 220 valence electrons. The van der Waals surface area contributed by atoms with E-state index in [-0.39, 0.29) is 33.2 Å². The van der Waals surface area contributed by atoms with Gasteiger partial charge in [0.15, 0.2) is 0 Å². The number of sulfonamides is 1. The molecule has 2 amide bonds. The van der Waals surface area contributed by atoms with Gasteiger partial charge in [0.2, 0.25) is 11.8 Å². The van der Waals surface area contributed by atoms with Gasteiger partial charge in [0.1, 0.15) is 12.6 Å². The highest BCUT2D eigenvalue weighted by Gasteiger charge is 2.35. The number of alkyl halides is 3. The molecule has 3 rings (SSSR count). The fraction of sp³-hybridized carbons (Fsp3) is 0.286. The number of nitrogens with zero attached hydrogens (tertiary/aromatic N) is 2. The minimum absolute atomic E-state index is 0.162. The number of hydrogen-bond donors (Lipinski definition) is 1. The molecule has 0 radical (unpaired) electrons. The summed E-state index contributed by atoms with van der Waals surface area (Å²) >= 11 is 12.1. The SMILES string of the molecule is CC(C)NC(=O)[C@@H](C)N(Cc1ccc(Cl)c(Cl)c1)C(=O)CN(c1cccc(C(F)(F)F)c1)S(=O)(=O)c1ccccc1. The molecule has 3 aromatic carbocycles. The maximum Gasteiger partial charge on any atom is 0.416 e. The molecule has 0 spiro atoms. The molecule has 0 aromatic heterocycles. The number of benzene rings is 3. The van der Waals surface area contributed by atoms with Gasteiger partial charge in [-0.2, -0.15) is 13.2 Å². The average molecular weight is 631 g/mol. The molecule has 0 bridgehead atoms. The first-order valence-electron chi connectivity index (χ1n) is 12.4. The van der Waals surface area contributed by atoms with Gasteiger partial charge in [-0.1, -0.05) is 53.5 Å². The van der Waals surface area contributed by atoms with Crippen LogP contribution >= 0.6 is 23.2 Å². The second kappa shape index (κ2) is 13.1. The normalized spacial score (nSPS) is 12.6. The predicted molar refractivity (Wildman–Crippen MR) is 152 cm³/mol. The summed E-state index contributed by atoms with van der Waals surface area (Å²) in [6, 6.07) is 14.0. The molecule has 0 aliphatic carbocycles. The van der Waals surface area contributed by atoms with Crippen LogP contribution in [-0.2, 0) is 32.3 Å². The Kier molecular flexibility index (Phi) is 10.3. The van der Waals surface area contributed by atoms with E-state index < -0.39 is 46.2 Å². The predicted octanol–water partition coefficient (Wildman–Crippen LogP) is 6.15. The van der Waals surface area contributed by atoms with Crippen molar-refractivity contribution in [3.05, 3.63) is 94.0 Å². The van der Waals surface area contributed by atoms with Crippen molar-refractivity contribution in [3.63, 3.8) is 0 Å². The molecule has 0 aliphatic rings. The Morgan fingerprint density at radius 2 is 1.56 bits per heavy atom. The van der Waals surface area contributed by atoms with E-state index >= 15 is 0 Å². The van der Waals surface area contributed by atoms with Gasteiger partial charge in [-0.3, -0.25) is 13.9 Å². The highest BCUT2D eigenvalue weighted by molar-refractivity contribution is 7.92. The average Bonchev–Trinajstić information content (AvgIpc) is 2.91. The summed E-state index contributed by atoms with van der Waals surface area (Å²) in [6.45, 7) is 3.88. The molecule has 0 saturated heterocycles. The number of hydrogen-bond acceptors (Lipinski definition) is 4. The summed E-state index contributed by atoms with van der Waals surface area (Å²) < 4.78 is 68.6. The van der Waals surface area contributed by atoms with E-state index in [1.807, 2.05) is 0 Å². The molecule has 13 heteroatoms. The standard InChI is InChI=1S/C28H28Cl2F3N3O4S/c1-18(2)34-27(38)19(3)35(16-20-12-13-24(29)25(30)14-20)26(37)17-36(41(39,40)23-10-5-4-6-11-23)22-9-7-8-21(15-22)28(31,32)33/h4-15,18-19H,16-17H2,1-3H3,(H,34,38)/t19-/m1/s1. The van der Waals surface area contributed by atoms with Crippen molar-refractivity contribution in [2.24, 2.45) is 0 Å². The van der Waals surface area contributed by atoms with E-state index in [9.17, 15) is 31.2 Å². The Labute approximate surface area is 246 Å². The Morgan fingerprint density at radius 1 is 0.902 bits per heavy atom. The highest BCUT2D eigenvalue weighted by Crippen LogP contribution is 2.33. The Morgan fingerprint density at radius 3 is 2.15 bits per heavy atom. The van der Waals surface area contributed by atoms with Gasteiger partial charge >= 0.3 is 6.18 Å². The molecule has 7 nitrogen and oxygen atoms in total. The zero-order valence-corrected chi connectivity index (χ0v) is 24.7. The third kappa shape index (κ3) is 8.15. The first-order valence-corrected chi connectivity index (χ1v) is 14.6. The number of nitrogens with one attached hydrogen (secondary N) is 1. The van der Waals surface area contributed by atoms with E-state index in [1.165, 1.54) is 49.4 Å². The van der Waals surface area contributed by atoms with Gasteiger partial charge in [0, 0.05) is 12.6 Å². The van der Waals surface area contributed by atoms with Crippen LogP contribution in [0.1, 0.15) is 31.9 Å². The van der Waals surface area contributed by atoms with Crippen molar-refractivity contribution in [2.45, 2.75) is 50.5 Å². The lowest BCUT2D eigenvalue weighted by atomic mass is 10.1. The minimum atomic E-state index is -4.76. The zero-order chi connectivity index (χ0) is 30.5. The number of halogens is 5. The lowest BCUT2D eigenvalue weighted by Gasteiger charge is -2.32. The highest BCUT2D eigenvalue weighted by atomic mass is 35.5. The van der Waals surface area contributed by atoms with Crippen molar-refractivity contribution in [1.82, 2.24) is 10.2 Å². The van der Waals surface area contributed by atoms with Crippen LogP contribution in [0, 0.1) is 0 Å². The molecule has 0 fully saturated rings. The fourth-order valence-electron chi connectivity index (χ4n) is 3.91. The molecule has 41 heavy (non-hydrogen) atoms. The van der Waals surface area contributed by atoms with Crippen LogP contribution in [0.15, 0.2) is 77.7 Å². The summed E-state index contributed by atoms with van der Waals surface area (Å²) in [5.41, 5.74) is -0.965. The molecular formula is C28H28Cl2F3N3O4S. The second-order valence-electron chi connectivity index (χ2n) is 9.48. The molecular weight excluding hydrogens is 602 g/mol. The van der Waals surface area contributed by atoms with E-state index in [1.54, 1.807) is 26.0 Å². The maximum absolute atomic E-state index is 13.8. The van der Waals surface area contributed by atoms with Crippen molar-refractivity contribution >= 4 is 50.7 Å². The number of rotatable bonds is 10. The summed E-state index contributed by atoms with van der Waals surface area (Å²) in [5.74, 6) is -1.34. The quantitative estimate of drug-likeness (QED) is 0.291. The van der Waals surface area contributed by atoms with Gasteiger partial charge in [-0.15, -0.1) is 0 Å². The topological polar surface area (TPSA) is 86.8 Å². The number of carbonyl (C=O) groups is 2. The van der Waals surface area contributed by atoms with Crippen molar-refractivity contribution < 1.29 is 31.2 Å². The number of amides is 2. The molecule has 0 unspecified atom stereocenters. The Balaban J connectivity index is 2.09. The van der Waals surface area contributed by atoms with E-state index in [4.69, 9.17) is 23.2 Å². The first kappa shape index (κ1) is 32.2. The molecule has 0 heterocycles. The molecule has 0 saturated carbocycles. The van der Waals surface area contributed by atoms with Gasteiger partial charge in [-0.05, 0) is 68.8 Å². The van der Waals surface area contributed by atoms with E-state index in [0.29, 0.717) is 15.9 Å². The van der Waals surface area contributed by atoms with Crippen LogP contribution in [-0.4, -0.2) is 43.8 Å². The number of anilines is 1. The first-order chi connectivity index (χ1) is 19.1. The van der Waals surface area contributed by atoms with Crippen LogP contribution in [0.3, 0.4) is 0 Å². The monoisotopic (exact) mass is 629 g/mol. The zero-order valence-electron chi connectivity index (χ0n) is 22.3. The Hall–Kier alpha value is -3.28. The summed E-state index contributed by atoms with van der Waals surface area (Å²) in [7, 11) is -4.52. The van der Waals surface area contributed by atoms with Crippen LogP contribution < -0.4 is 9.62 Å². The van der Waals surface area contributed by atoms with Gasteiger partial charge in [0.25, 0.3) is 10.0 Å². The molecule has 0 aliphatic heterocycles. The van der Waals surface area contributed by atoms with Crippen LogP contribution in [0.5, 0.6) is 0 Å². The van der Waals surface area contributed by atoms with Gasteiger partial charge in [0.05, 0.1) is 26.2 Å². The molecule has 1 atom stereocenters. The molecule has 3 aromatic rings.